The Morgan fingerprint density at radius 2 is 1.52 bits per heavy atom. The fourth-order valence-corrected chi connectivity index (χ4v) is 2.00. The summed E-state index contributed by atoms with van der Waals surface area (Å²) in [6, 6.07) is 2.55. The number of hydrogen-bond acceptors (Lipinski definition) is 4. The van der Waals surface area contributed by atoms with Crippen LogP contribution in [0.25, 0.3) is 0 Å². The number of amides is 2. The first kappa shape index (κ1) is 17.0. The van der Waals surface area contributed by atoms with Crippen molar-refractivity contribution in [2.75, 3.05) is 10.6 Å². The molecule has 0 fully saturated rings. The minimum absolute atomic E-state index is 0.0241. The third kappa shape index (κ3) is 4.55. The zero-order valence-corrected chi connectivity index (χ0v) is 11.6. The first-order valence-corrected chi connectivity index (χ1v) is 6.53. The van der Waals surface area contributed by atoms with Crippen LogP contribution in [0.15, 0.2) is 24.3 Å². The number of rotatable bonds is 2. The monoisotopic (exact) mass is 356 g/mol. The van der Waals surface area contributed by atoms with Gasteiger partial charge < -0.3 is 5.32 Å². The molecule has 12 heteroatoms. The number of urea groups is 1. The maximum absolute atomic E-state index is 12.4. The van der Waals surface area contributed by atoms with Gasteiger partial charge in [0.25, 0.3) is 0 Å². The highest BCUT2D eigenvalue weighted by Gasteiger charge is 2.35. The van der Waals surface area contributed by atoms with Crippen molar-refractivity contribution in [2.45, 2.75) is 12.4 Å². The van der Waals surface area contributed by atoms with Crippen LogP contribution in [-0.2, 0) is 12.4 Å². The van der Waals surface area contributed by atoms with Crippen molar-refractivity contribution in [1.82, 2.24) is 10.2 Å². The summed E-state index contributed by atoms with van der Waals surface area (Å²) < 4.78 is 74.0. The van der Waals surface area contributed by atoms with Gasteiger partial charge in [0.15, 0.2) is 0 Å². The van der Waals surface area contributed by atoms with Gasteiger partial charge in [-0.1, -0.05) is 11.3 Å². The third-order valence-electron chi connectivity index (χ3n) is 2.36. The SMILES string of the molecule is O=C(Nc1ccc(C(F)(F)F)cc1)Nc1nnc(C(F)(F)F)s1. The van der Waals surface area contributed by atoms with Crippen molar-refractivity contribution in [3.63, 3.8) is 0 Å². The molecule has 2 aromatic rings. The van der Waals surface area contributed by atoms with Crippen LogP contribution >= 0.6 is 11.3 Å². The summed E-state index contributed by atoms with van der Waals surface area (Å²) in [5.74, 6) is 0. The summed E-state index contributed by atoms with van der Waals surface area (Å²) >= 11 is 0.117. The lowest BCUT2D eigenvalue weighted by molar-refractivity contribution is -0.138. The van der Waals surface area contributed by atoms with E-state index in [0.29, 0.717) is 0 Å². The number of halogens is 6. The molecule has 0 atom stereocenters. The molecule has 0 bridgehead atoms. The summed E-state index contributed by atoms with van der Waals surface area (Å²) in [4.78, 5) is 11.5. The Balaban J connectivity index is 1.98. The van der Waals surface area contributed by atoms with E-state index in [1.165, 1.54) is 0 Å². The van der Waals surface area contributed by atoms with Crippen LogP contribution in [0.4, 0.5) is 42.0 Å². The van der Waals surface area contributed by atoms with E-state index in [1.807, 2.05) is 5.32 Å². The third-order valence-corrected chi connectivity index (χ3v) is 3.24. The van der Waals surface area contributed by atoms with Gasteiger partial charge in [0.05, 0.1) is 5.56 Å². The van der Waals surface area contributed by atoms with E-state index in [9.17, 15) is 31.1 Å². The van der Waals surface area contributed by atoms with Gasteiger partial charge in [-0.15, -0.1) is 10.2 Å². The lowest BCUT2D eigenvalue weighted by atomic mass is 10.2. The normalized spacial score (nSPS) is 12.1. The van der Waals surface area contributed by atoms with Gasteiger partial charge in [-0.3, -0.25) is 5.32 Å². The number of alkyl halides is 6. The molecule has 1 aromatic carbocycles. The summed E-state index contributed by atoms with van der Waals surface area (Å²) in [5.41, 5.74) is -0.876. The number of aromatic nitrogens is 2. The van der Waals surface area contributed by atoms with Crippen LogP contribution < -0.4 is 10.6 Å². The molecule has 5 nitrogen and oxygen atoms in total. The Morgan fingerprint density at radius 3 is 2.00 bits per heavy atom. The average molecular weight is 356 g/mol. The van der Waals surface area contributed by atoms with Crippen LogP contribution in [0.3, 0.4) is 0 Å². The zero-order chi connectivity index (χ0) is 17.3. The van der Waals surface area contributed by atoms with Crippen LogP contribution in [0, 0.1) is 0 Å². The van der Waals surface area contributed by atoms with Gasteiger partial charge in [0.1, 0.15) is 0 Å². The lowest BCUT2D eigenvalue weighted by Gasteiger charge is -2.08. The molecule has 0 unspecified atom stereocenters. The minimum atomic E-state index is -4.68. The molecular formula is C11H6F6N4OS. The van der Waals surface area contributed by atoms with Crippen LogP contribution in [0.1, 0.15) is 10.6 Å². The van der Waals surface area contributed by atoms with Gasteiger partial charge >= 0.3 is 18.4 Å². The second-order valence-corrected chi connectivity index (χ2v) is 5.04. The van der Waals surface area contributed by atoms with E-state index in [4.69, 9.17) is 0 Å². The van der Waals surface area contributed by atoms with Gasteiger partial charge in [0, 0.05) is 5.69 Å². The highest BCUT2D eigenvalue weighted by molar-refractivity contribution is 7.15. The number of carbonyl (C=O) groups is 1. The first-order chi connectivity index (χ1) is 10.6. The maximum Gasteiger partial charge on any atom is 0.445 e. The van der Waals surface area contributed by atoms with Crippen LogP contribution in [0.5, 0.6) is 0 Å². The Kier molecular flexibility index (Phi) is 4.45. The Morgan fingerprint density at radius 1 is 0.913 bits per heavy atom. The standard InChI is InChI=1S/C11H6F6N4OS/c12-10(13,14)5-1-3-6(4-2-5)18-8(22)19-9-21-20-7(23-9)11(15,16)17/h1-4H,(H2,18,19,21,22). The maximum atomic E-state index is 12.4. The Labute approximate surface area is 128 Å². The molecule has 23 heavy (non-hydrogen) atoms. The van der Waals surface area contributed by atoms with E-state index < -0.39 is 34.1 Å². The van der Waals surface area contributed by atoms with E-state index in [-0.39, 0.29) is 17.0 Å². The van der Waals surface area contributed by atoms with E-state index in [1.54, 1.807) is 0 Å². The second-order valence-electron chi connectivity index (χ2n) is 4.06. The molecular weight excluding hydrogens is 350 g/mol. The number of carbonyl (C=O) groups excluding carboxylic acids is 1. The molecule has 2 rings (SSSR count). The molecule has 0 aliphatic rings. The number of benzene rings is 1. The predicted molar refractivity (Wildman–Crippen MR) is 69.0 cm³/mol. The molecule has 0 saturated heterocycles. The molecule has 0 saturated carbocycles. The van der Waals surface area contributed by atoms with Crippen molar-refractivity contribution in [2.24, 2.45) is 0 Å². The zero-order valence-electron chi connectivity index (χ0n) is 10.8. The van der Waals surface area contributed by atoms with Crippen molar-refractivity contribution in [3.05, 3.63) is 34.8 Å². The van der Waals surface area contributed by atoms with Crippen molar-refractivity contribution < 1.29 is 31.1 Å². The molecule has 0 spiro atoms. The van der Waals surface area contributed by atoms with Crippen LogP contribution in [0.2, 0.25) is 0 Å². The number of anilines is 2. The molecule has 2 N–H and O–H groups in total. The highest BCUT2D eigenvalue weighted by atomic mass is 32.1. The molecule has 1 aromatic heterocycles. The van der Waals surface area contributed by atoms with Gasteiger partial charge in [-0.25, -0.2) is 4.79 Å². The van der Waals surface area contributed by atoms with Crippen molar-refractivity contribution in [3.8, 4) is 0 Å². The van der Waals surface area contributed by atoms with Gasteiger partial charge in [-0.2, -0.15) is 26.3 Å². The van der Waals surface area contributed by atoms with E-state index >= 15 is 0 Å². The topological polar surface area (TPSA) is 66.9 Å². The number of hydrogen-bond donors (Lipinski definition) is 2. The summed E-state index contributed by atoms with van der Waals surface area (Å²) in [5, 5.41) is 8.52. The fraction of sp³-hybridized carbons (Fsp3) is 0.182. The Bertz CT molecular complexity index is 694. The number of nitrogens with one attached hydrogen (secondary N) is 2. The van der Waals surface area contributed by atoms with Crippen molar-refractivity contribution >= 4 is 28.2 Å². The molecule has 0 radical (unpaired) electrons. The van der Waals surface area contributed by atoms with Crippen LogP contribution in [-0.4, -0.2) is 16.2 Å². The molecule has 124 valence electrons. The van der Waals surface area contributed by atoms with Gasteiger partial charge in [-0.05, 0) is 24.3 Å². The predicted octanol–water partition coefficient (Wildman–Crippen LogP) is 4.22. The largest absolute Gasteiger partial charge is 0.445 e. The van der Waals surface area contributed by atoms with E-state index in [2.05, 4.69) is 15.5 Å². The average Bonchev–Trinajstić information content (AvgIpc) is 2.86. The fourth-order valence-electron chi connectivity index (χ4n) is 1.39. The lowest BCUT2D eigenvalue weighted by Crippen LogP contribution is -2.19. The Hall–Kier alpha value is -2.37. The quantitative estimate of drug-likeness (QED) is 0.792. The summed E-state index contributed by atoms with van der Waals surface area (Å²) in [6.07, 6.45) is -9.19. The smallest absolute Gasteiger partial charge is 0.308 e. The first-order valence-electron chi connectivity index (χ1n) is 5.71. The number of nitrogens with zero attached hydrogens (tertiary/aromatic N) is 2. The second kappa shape index (κ2) is 6.02. The minimum Gasteiger partial charge on any atom is -0.308 e. The van der Waals surface area contributed by atoms with Gasteiger partial charge in [0.2, 0.25) is 10.1 Å². The van der Waals surface area contributed by atoms with E-state index in [0.717, 1.165) is 24.3 Å². The highest BCUT2D eigenvalue weighted by Crippen LogP contribution is 2.33. The summed E-state index contributed by atoms with van der Waals surface area (Å²) in [6.45, 7) is 0. The molecule has 0 aliphatic carbocycles. The molecule has 0 aliphatic heterocycles. The summed E-state index contributed by atoms with van der Waals surface area (Å²) in [7, 11) is 0. The molecule has 2 amide bonds. The molecule has 1 heterocycles. The van der Waals surface area contributed by atoms with Crippen molar-refractivity contribution in [1.29, 1.82) is 0 Å².